The number of ether oxygens (including phenoxy) is 3. The number of fused-ring (bicyclic) bond motifs is 1. The van der Waals surface area contributed by atoms with Gasteiger partial charge in [-0.05, 0) is 53.8 Å². The summed E-state index contributed by atoms with van der Waals surface area (Å²) in [5.41, 5.74) is 4.01. The van der Waals surface area contributed by atoms with Gasteiger partial charge >= 0.3 is 5.97 Å². The van der Waals surface area contributed by atoms with Crippen LogP contribution in [0.5, 0.6) is 17.2 Å². The van der Waals surface area contributed by atoms with Crippen molar-refractivity contribution >= 4 is 34.9 Å². The molecule has 0 saturated carbocycles. The third kappa shape index (κ3) is 6.82. The Hall–Kier alpha value is -4.91. The molecule has 7 nitrogen and oxygen atoms in total. The molecule has 0 bridgehead atoms. The summed E-state index contributed by atoms with van der Waals surface area (Å²) in [5, 5.41) is 5.97. The Labute approximate surface area is 215 Å². The summed E-state index contributed by atoms with van der Waals surface area (Å²) in [7, 11) is 1.47. The highest BCUT2D eigenvalue weighted by atomic mass is 16.6. The molecule has 0 aromatic heterocycles. The third-order valence-corrected chi connectivity index (χ3v) is 5.42. The van der Waals surface area contributed by atoms with Crippen molar-refractivity contribution in [3.63, 3.8) is 0 Å². The van der Waals surface area contributed by atoms with Gasteiger partial charge in [-0.1, -0.05) is 66.7 Å². The van der Waals surface area contributed by atoms with Crippen LogP contribution in [0, 0.1) is 0 Å². The topological polar surface area (TPSA) is 86.2 Å². The molecule has 0 spiro atoms. The second-order valence-electron chi connectivity index (χ2n) is 8.05. The van der Waals surface area contributed by atoms with Crippen LogP contribution in [0.3, 0.4) is 0 Å². The van der Waals surface area contributed by atoms with E-state index in [1.165, 1.54) is 19.4 Å². The minimum Gasteiger partial charge on any atom is -0.493 e. The quantitative estimate of drug-likeness (QED) is 0.111. The molecule has 1 unspecified atom stereocenters. The number of hydrazone groups is 1. The summed E-state index contributed by atoms with van der Waals surface area (Å²) in [5.74, 6) is 0.314. The van der Waals surface area contributed by atoms with Crippen LogP contribution >= 0.6 is 0 Å². The van der Waals surface area contributed by atoms with E-state index in [0.29, 0.717) is 17.1 Å². The Morgan fingerprint density at radius 2 is 1.59 bits per heavy atom. The molecule has 0 fully saturated rings. The standard InChI is InChI=1S/C30H26N2O5/c1-21(36-26-14-8-12-24-11-6-7-13-25(24)26)30(34)32-31-20-23-15-17-27(28(19-23)35-2)37-29(33)18-16-22-9-4-3-5-10-22/h3-21H,1-2H3,(H,32,34)/b18-16+,31-20+. The van der Waals surface area contributed by atoms with Crippen LogP contribution in [0.15, 0.2) is 102 Å². The molecule has 1 N–H and O–H groups in total. The van der Waals surface area contributed by atoms with Crippen LogP contribution in [0.4, 0.5) is 0 Å². The summed E-state index contributed by atoms with van der Waals surface area (Å²) in [6.07, 6.45) is 3.72. The lowest BCUT2D eigenvalue weighted by Crippen LogP contribution is -2.33. The first-order valence-electron chi connectivity index (χ1n) is 11.6. The number of carbonyl (C=O) groups excluding carboxylic acids is 2. The largest absolute Gasteiger partial charge is 0.493 e. The average molecular weight is 495 g/mol. The highest BCUT2D eigenvalue weighted by molar-refractivity contribution is 5.90. The van der Waals surface area contributed by atoms with Crippen molar-refractivity contribution in [1.29, 1.82) is 0 Å². The number of esters is 1. The molecule has 4 aromatic carbocycles. The van der Waals surface area contributed by atoms with Gasteiger partial charge in [0.25, 0.3) is 5.91 Å². The number of hydrogen-bond donors (Lipinski definition) is 1. The zero-order valence-corrected chi connectivity index (χ0v) is 20.5. The summed E-state index contributed by atoms with van der Waals surface area (Å²) in [6, 6.07) is 27.9. The first-order chi connectivity index (χ1) is 18.0. The Kier molecular flexibility index (Phi) is 8.29. The van der Waals surface area contributed by atoms with Gasteiger partial charge in [0.1, 0.15) is 5.75 Å². The van der Waals surface area contributed by atoms with Crippen molar-refractivity contribution in [3.8, 4) is 17.2 Å². The molecule has 0 heterocycles. The van der Waals surface area contributed by atoms with Gasteiger partial charge in [0.2, 0.25) is 0 Å². The summed E-state index contributed by atoms with van der Waals surface area (Å²) >= 11 is 0. The van der Waals surface area contributed by atoms with E-state index in [1.54, 1.807) is 31.2 Å². The molecule has 37 heavy (non-hydrogen) atoms. The fourth-order valence-corrected chi connectivity index (χ4v) is 3.52. The van der Waals surface area contributed by atoms with Crippen LogP contribution in [0.25, 0.3) is 16.8 Å². The molecular weight excluding hydrogens is 468 g/mol. The maximum absolute atomic E-state index is 12.5. The molecule has 0 saturated heterocycles. The van der Waals surface area contributed by atoms with Crippen LogP contribution in [-0.4, -0.2) is 31.3 Å². The van der Waals surface area contributed by atoms with Crippen molar-refractivity contribution < 1.29 is 23.8 Å². The Morgan fingerprint density at radius 3 is 2.41 bits per heavy atom. The van der Waals surface area contributed by atoms with Crippen LogP contribution in [0.2, 0.25) is 0 Å². The fourth-order valence-electron chi connectivity index (χ4n) is 3.52. The zero-order chi connectivity index (χ0) is 26.0. The minimum absolute atomic E-state index is 0.267. The number of rotatable bonds is 9. The summed E-state index contributed by atoms with van der Waals surface area (Å²) in [6.45, 7) is 1.66. The molecule has 1 amide bonds. The number of methoxy groups -OCH3 is 1. The van der Waals surface area contributed by atoms with Gasteiger partial charge in [0, 0.05) is 11.5 Å². The number of benzene rings is 4. The molecule has 186 valence electrons. The van der Waals surface area contributed by atoms with E-state index in [1.807, 2.05) is 72.8 Å². The van der Waals surface area contributed by atoms with E-state index in [4.69, 9.17) is 14.2 Å². The van der Waals surface area contributed by atoms with E-state index in [-0.39, 0.29) is 5.75 Å². The first-order valence-corrected chi connectivity index (χ1v) is 11.6. The highest BCUT2D eigenvalue weighted by Gasteiger charge is 2.15. The highest BCUT2D eigenvalue weighted by Crippen LogP contribution is 2.28. The molecule has 1 atom stereocenters. The fraction of sp³-hybridized carbons (Fsp3) is 0.100. The second kappa shape index (κ2) is 12.2. The second-order valence-corrected chi connectivity index (χ2v) is 8.05. The van der Waals surface area contributed by atoms with E-state index in [0.717, 1.165) is 16.3 Å². The van der Waals surface area contributed by atoms with E-state index >= 15 is 0 Å². The van der Waals surface area contributed by atoms with Gasteiger partial charge in [-0.2, -0.15) is 5.10 Å². The average Bonchev–Trinajstić information content (AvgIpc) is 2.93. The van der Waals surface area contributed by atoms with Gasteiger partial charge in [0.05, 0.1) is 13.3 Å². The first kappa shape index (κ1) is 25.2. The van der Waals surface area contributed by atoms with Crippen molar-refractivity contribution in [2.75, 3.05) is 7.11 Å². The molecular formula is C30H26N2O5. The van der Waals surface area contributed by atoms with Crippen LogP contribution < -0.4 is 19.6 Å². The van der Waals surface area contributed by atoms with Gasteiger partial charge in [-0.15, -0.1) is 0 Å². The molecule has 7 heteroatoms. The predicted molar refractivity (Wildman–Crippen MR) is 144 cm³/mol. The number of hydrogen-bond acceptors (Lipinski definition) is 6. The number of amides is 1. The predicted octanol–water partition coefficient (Wildman–Crippen LogP) is 5.38. The minimum atomic E-state index is -0.761. The zero-order valence-electron chi connectivity index (χ0n) is 20.5. The Balaban J connectivity index is 1.34. The maximum Gasteiger partial charge on any atom is 0.336 e. The maximum atomic E-state index is 12.5. The van der Waals surface area contributed by atoms with Gasteiger partial charge in [0.15, 0.2) is 17.6 Å². The van der Waals surface area contributed by atoms with Gasteiger partial charge in [-0.25, -0.2) is 10.2 Å². The number of carbonyl (C=O) groups is 2. The number of nitrogens with zero attached hydrogens (tertiary/aromatic N) is 1. The van der Waals surface area contributed by atoms with Crippen LogP contribution in [-0.2, 0) is 9.59 Å². The third-order valence-electron chi connectivity index (χ3n) is 5.42. The van der Waals surface area contributed by atoms with E-state index in [2.05, 4.69) is 10.5 Å². The molecule has 4 rings (SSSR count). The van der Waals surface area contributed by atoms with E-state index < -0.39 is 18.0 Å². The van der Waals surface area contributed by atoms with Gasteiger partial charge < -0.3 is 14.2 Å². The monoisotopic (exact) mass is 494 g/mol. The molecule has 0 radical (unpaired) electrons. The van der Waals surface area contributed by atoms with Gasteiger partial charge in [-0.3, -0.25) is 4.79 Å². The van der Waals surface area contributed by atoms with Crippen LogP contribution in [0.1, 0.15) is 18.1 Å². The smallest absolute Gasteiger partial charge is 0.336 e. The van der Waals surface area contributed by atoms with Crippen molar-refractivity contribution in [2.45, 2.75) is 13.0 Å². The SMILES string of the molecule is COc1cc(/C=N/NC(=O)C(C)Oc2cccc3ccccc23)ccc1OC(=O)/C=C/c1ccccc1. The Bertz CT molecular complexity index is 1440. The van der Waals surface area contributed by atoms with Crippen molar-refractivity contribution in [1.82, 2.24) is 5.43 Å². The van der Waals surface area contributed by atoms with E-state index in [9.17, 15) is 9.59 Å². The van der Waals surface area contributed by atoms with Crippen molar-refractivity contribution in [3.05, 3.63) is 108 Å². The normalized spacial score (nSPS) is 11.9. The summed E-state index contributed by atoms with van der Waals surface area (Å²) in [4.78, 5) is 24.7. The lowest BCUT2D eigenvalue weighted by molar-refractivity contribution is -0.129. The summed E-state index contributed by atoms with van der Waals surface area (Å²) < 4.78 is 16.6. The molecule has 0 aliphatic rings. The molecule has 0 aliphatic heterocycles. The van der Waals surface area contributed by atoms with Crippen molar-refractivity contribution in [2.24, 2.45) is 5.10 Å². The lowest BCUT2D eigenvalue weighted by Gasteiger charge is -2.14. The number of nitrogens with one attached hydrogen (secondary N) is 1. The molecule has 0 aliphatic carbocycles. The Morgan fingerprint density at radius 1 is 0.838 bits per heavy atom. The molecule has 4 aromatic rings. The lowest BCUT2D eigenvalue weighted by atomic mass is 10.1.